The molecule has 0 radical (unpaired) electrons. The Balaban J connectivity index is 1.91. The van der Waals surface area contributed by atoms with Crippen molar-refractivity contribution in [1.29, 1.82) is 0 Å². The summed E-state index contributed by atoms with van der Waals surface area (Å²) in [6.45, 7) is 10.5. The number of urea groups is 1. The summed E-state index contributed by atoms with van der Waals surface area (Å²) in [6, 6.07) is 7.24. The van der Waals surface area contributed by atoms with E-state index in [-0.39, 0.29) is 22.1 Å². The summed E-state index contributed by atoms with van der Waals surface area (Å²) in [4.78, 5) is 27.8. The van der Waals surface area contributed by atoms with Crippen molar-refractivity contribution < 1.29 is 37.1 Å². The summed E-state index contributed by atoms with van der Waals surface area (Å²) in [5, 5.41) is 1.96. The van der Waals surface area contributed by atoms with Gasteiger partial charge in [0.05, 0.1) is 0 Å². The van der Waals surface area contributed by atoms with Gasteiger partial charge in [-0.05, 0) is 77.1 Å². The molecule has 4 rings (SSSR count). The van der Waals surface area contributed by atoms with Crippen molar-refractivity contribution in [3.63, 3.8) is 0 Å². The predicted molar refractivity (Wildman–Crippen MR) is 119 cm³/mol. The third kappa shape index (κ3) is 4.51. The average Bonchev–Trinajstić information content (AvgIpc) is 3.02. The molecule has 1 aliphatic carbocycles. The molecular weight excluding hydrogens is 449 g/mol. The smallest absolute Gasteiger partial charge is 0.405 e. The maximum atomic E-state index is 13.2. The first-order chi connectivity index (χ1) is 15.7. The normalized spacial score (nSPS) is 20.1. The Bertz CT molecular complexity index is 1230. The van der Waals surface area contributed by atoms with Gasteiger partial charge in [0.15, 0.2) is 0 Å². The Morgan fingerprint density at radius 1 is 1.00 bits per heavy atom. The van der Waals surface area contributed by atoms with E-state index in [1.54, 1.807) is 0 Å². The Morgan fingerprint density at radius 2 is 1.62 bits per heavy atom. The maximum absolute atomic E-state index is 13.2. The molecule has 1 aliphatic heterocycles. The van der Waals surface area contributed by atoms with E-state index in [2.05, 4.69) is 38.5 Å². The molecule has 0 spiro atoms. The number of benzene rings is 2. The highest BCUT2D eigenvalue weighted by Gasteiger charge is 2.39. The number of imide groups is 1. The molecule has 1 fully saturated rings. The van der Waals surface area contributed by atoms with E-state index in [9.17, 15) is 22.8 Å². The molecular formula is C25H26F3N2O4+. The fourth-order valence-corrected chi connectivity index (χ4v) is 4.58. The van der Waals surface area contributed by atoms with Gasteiger partial charge in [0.25, 0.3) is 0 Å². The van der Waals surface area contributed by atoms with Crippen LogP contribution in [-0.4, -0.2) is 29.4 Å². The molecule has 0 unspecified atom stereocenters. The summed E-state index contributed by atoms with van der Waals surface area (Å²) in [7, 11) is 0. The van der Waals surface area contributed by atoms with Crippen LogP contribution < -0.4 is 10.1 Å². The van der Waals surface area contributed by atoms with Crippen molar-refractivity contribution >= 4 is 18.3 Å². The Labute approximate surface area is 195 Å². The second kappa shape index (κ2) is 7.85. The molecule has 2 aliphatic rings. The van der Waals surface area contributed by atoms with E-state index in [1.807, 2.05) is 18.3 Å². The third-order valence-electron chi connectivity index (χ3n) is 6.57. The van der Waals surface area contributed by atoms with Gasteiger partial charge in [-0.25, -0.2) is 4.84 Å². The first-order valence-electron chi connectivity index (χ1n) is 10.9. The van der Waals surface area contributed by atoms with E-state index >= 15 is 0 Å². The molecule has 1 heterocycles. The standard InChI is InChI=1S/C25H25F3N2O4/c1-14-10-18-19(24(4,5)9-8-23(18,2)3)12-16(14)17-11-15(6-7-20(17)33-25(26,27)28)13-30-21(31)29-22(32)34-30/h6-7,10-13H,8-9H2,1-5H3/p+1/b30-13-. The predicted octanol–water partition coefficient (Wildman–Crippen LogP) is 6.12. The summed E-state index contributed by atoms with van der Waals surface area (Å²) in [5.74, 6) is -0.358. The lowest BCUT2D eigenvalue weighted by Crippen LogP contribution is -2.34. The monoisotopic (exact) mass is 475 g/mol. The molecule has 180 valence electrons. The van der Waals surface area contributed by atoms with Gasteiger partial charge in [-0.15, -0.1) is 18.5 Å². The van der Waals surface area contributed by atoms with Crippen molar-refractivity contribution in [2.24, 2.45) is 0 Å². The number of fused-ring (bicyclic) bond motifs is 1. The number of ether oxygens (including phenoxy) is 1. The topological polar surface area (TPSA) is 67.6 Å². The number of halogens is 3. The van der Waals surface area contributed by atoms with Crippen LogP contribution in [0.15, 0.2) is 30.3 Å². The SMILES string of the molecule is Cc1cc2c(cc1-c1cc(/C=[N+]3\OC(=O)NC3=O)ccc1OC(F)(F)F)C(C)(C)CCC2(C)C. The minimum absolute atomic E-state index is 0.0535. The van der Waals surface area contributed by atoms with E-state index in [0.717, 1.165) is 24.0 Å². The zero-order chi connectivity index (χ0) is 25.1. The number of hydrogen-bond donors (Lipinski definition) is 1. The van der Waals surface area contributed by atoms with Crippen LogP contribution in [0, 0.1) is 6.92 Å². The quantitative estimate of drug-likeness (QED) is 0.429. The number of aryl methyl sites for hydroxylation is 1. The molecule has 0 atom stereocenters. The number of carbonyl (C=O) groups is 2. The number of hydrogen-bond acceptors (Lipinski definition) is 4. The van der Waals surface area contributed by atoms with Crippen molar-refractivity contribution in [2.75, 3.05) is 0 Å². The highest BCUT2D eigenvalue weighted by Crippen LogP contribution is 2.48. The Morgan fingerprint density at radius 3 is 2.18 bits per heavy atom. The van der Waals surface area contributed by atoms with Gasteiger partial charge in [-0.1, -0.05) is 33.8 Å². The van der Waals surface area contributed by atoms with Crippen LogP contribution in [-0.2, 0) is 15.7 Å². The summed E-state index contributed by atoms with van der Waals surface area (Å²) >= 11 is 0. The highest BCUT2D eigenvalue weighted by atomic mass is 19.4. The number of amides is 3. The molecule has 0 aromatic heterocycles. The number of alkyl halides is 3. The van der Waals surface area contributed by atoms with E-state index in [1.165, 1.54) is 30.0 Å². The van der Waals surface area contributed by atoms with Crippen molar-refractivity contribution in [3.05, 3.63) is 52.6 Å². The van der Waals surface area contributed by atoms with Gasteiger partial charge in [0, 0.05) is 15.9 Å². The van der Waals surface area contributed by atoms with Crippen LogP contribution >= 0.6 is 0 Å². The highest BCUT2D eigenvalue weighted by molar-refractivity contribution is 5.93. The van der Waals surface area contributed by atoms with Gasteiger partial charge in [-0.2, -0.15) is 9.59 Å². The van der Waals surface area contributed by atoms with Crippen molar-refractivity contribution in [3.8, 4) is 16.9 Å². The first kappa shape index (κ1) is 23.8. The number of nitrogens with zero attached hydrogens (tertiary/aromatic N) is 1. The summed E-state index contributed by atoms with van der Waals surface area (Å²) in [6.07, 6.45) is -2.64. The molecule has 3 amide bonds. The first-order valence-corrected chi connectivity index (χ1v) is 10.9. The summed E-state index contributed by atoms with van der Waals surface area (Å²) < 4.78 is 44.7. The number of rotatable bonds is 3. The number of hydroxylamine groups is 1. The van der Waals surface area contributed by atoms with Crippen LogP contribution in [0.25, 0.3) is 11.1 Å². The lowest BCUT2D eigenvalue weighted by atomic mass is 9.62. The minimum Gasteiger partial charge on any atom is -0.405 e. The van der Waals surface area contributed by atoms with Crippen LogP contribution in [0.5, 0.6) is 5.75 Å². The largest absolute Gasteiger partial charge is 0.573 e. The minimum atomic E-state index is -4.88. The molecule has 0 bridgehead atoms. The van der Waals surface area contributed by atoms with Gasteiger partial charge >= 0.3 is 18.5 Å². The van der Waals surface area contributed by atoms with Crippen LogP contribution in [0.3, 0.4) is 0 Å². The van der Waals surface area contributed by atoms with E-state index in [4.69, 9.17) is 4.84 Å². The third-order valence-corrected chi connectivity index (χ3v) is 6.57. The second-order valence-corrected chi connectivity index (χ2v) is 10.0. The summed E-state index contributed by atoms with van der Waals surface area (Å²) in [5.41, 5.74) is 4.05. The Hall–Kier alpha value is -3.36. The van der Waals surface area contributed by atoms with Gasteiger partial charge < -0.3 is 4.74 Å². The lowest BCUT2D eigenvalue weighted by Gasteiger charge is -2.42. The van der Waals surface area contributed by atoms with Gasteiger partial charge in [-0.3, -0.25) is 0 Å². The van der Waals surface area contributed by atoms with Crippen molar-refractivity contribution in [1.82, 2.24) is 5.32 Å². The molecule has 9 heteroatoms. The molecule has 6 nitrogen and oxygen atoms in total. The zero-order valence-corrected chi connectivity index (χ0v) is 19.6. The fourth-order valence-electron chi connectivity index (χ4n) is 4.58. The lowest BCUT2D eigenvalue weighted by molar-refractivity contribution is -0.667. The van der Waals surface area contributed by atoms with Crippen LogP contribution in [0.1, 0.15) is 62.8 Å². The second-order valence-electron chi connectivity index (χ2n) is 10.0. The van der Waals surface area contributed by atoms with Gasteiger partial charge in [0.1, 0.15) is 12.0 Å². The van der Waals surface area contributed by atoms with E-state index < -0.39 is 18.5 Å². The van der Waals surface area contributed by atoms with Crippen molar-refractivity contribution in [2.45, 2.75) is 64.7 Å². The maximum Gasteiger partial charge on any atom is 0.573 e. The fraction of sp³-hybridized carbons (Fsp3) is 0.400. The Kier molecular flexibility index (Phi) is 5.49. The molecule has 34 heavy (non-hydrogen) atoms. The molecule has 2 aromatic carbocycles. The van der Waals surface area contributed by atoms with E-state index in [0.29, 0.717) is 15.9 Å². The number of carbonyl (C=O) groups excluding carboxylic acids is 2. The zero-order valence-electron chi connectivity index (χ0n) is 19.6. The molecule has 0 saturated carbocycles. The average molecular weight is 475 g/mol. The van der Waals surface area contributed by atoms with Crippen LogP contribution in [0.2, 0.25) is 0 Å². The van der Waals surface area contributed by atoms with Gasteiger partial charge in [0.2, 0.25) is 0 Å². The molecule has 1 N–H and O–H groups in total. The number of nitrogens with one attached hydrogen (secondary N) is 1. The molecule has 1 saturated heterocycles. The van der Waals surface area contributed by atoms with Crippen LogP contribution in [0.4, 0.5) is 22.8 Å². The molecule has 2 aromatic rings.